The first-order chi connectivity index (χ1) is 5.69. The predicted octanol–water partition coefficient (Wildman–Crippen LogP) is 2.69. The van der Waals surface area contributed by atoms with Crippen molar-refractivity contribution >= 4 is 34.0 Å². The van der Waals surface area contributed by atoms with Gasteiger partial charge in [0, 0.05) is 4.90 Å². The van der Waals surface area contributed by atoms with Crippen LogP contribution in [0.2, 0.25) is 0 Å². The number of aromatic hydroxyl groups is 1. The second kappa shape index (κ2) is 3.96. The number of rotatable bonds is 2. The van der Waals surface area contributed by atoms with Gasteiger partial charge in [0.2, 0.25) is 0 Å². The van der Waals surface area contributed by atoms with E-state index in [0.29, 0.717) is 16.3 Å². The molecular formula is C8H7BrO2S. The van der Waals surface area contributed by atoms with Crippen molar-refractivity contribution in [2.45, 2.75) is 4.90 Å². The van der Waals surface area contributed by atoms with Crippen molar-refractivity contribution in [3.8, 4) is 5.75 Å². The van der Waals surface area contributed by atoms with E-state index in [0.717, 1.165) is 4.90 Å². The Bertz CT molecular complexity index is 312. The van der Waals surface area contributed by atoms with Crippen molar-refractivity contribution < 1.29 is 9.90 Å². The van der Waals surface area contributed by atoms with Gasteiger partial charge >= 0.3 is 0 Å². The first kappa shape index (κ1) is 9.61. The minimum Gasteiger partial charge on any atom is -0.506 e. The van der Waals surface area contributed by atoms with Crippen molar-refractivity contribution in [2.75, 3.05) is 6.26 Å². The van der Waals surface area contributed by atoms with Crippen LogP contribution < -0.4 is 0 Å². The van der Waals surface area contributed by atoms with Crippen molar-refractivity contribution in [1.29, 1.82) is 0 Å². The van der Waals surface area contributed by atoms with E-state index in [4.69, 9.17) is 0 Å². The molecule has 0 fully saturated rings. The zero-order valence-corrected chi connectivity index (χ0v) is 8.78. The minimum atomic E-state index is 0.00259. The summed E-state index contributed by atoms with van der Waals surface area (Å²) < 4.78 is 0.552. The molecule has 0 aliphatic heterocycles. The van der Waals surface area contributed by atoms with Crippen LogP contribution in [0.3, 0.4) is 0 Å². The summed E-state index contributed by atoms with van der Waals surface area (Å²) in [5.74, 6) is 0.00259. The lowest BCUT2D eigenvalue weighted by Gasteiger charge is -2.02. The van der Waals surface area contributed by atoms with Gasteiger partial charge in [0.05, 0.1) is 10.0 Å². The molecule has 0 unspecified atom stereocenters. The number of carbonyl (C=O) groups excluding carboxylic acids is 1. The lowest BCUT2D eigenvalue weighted by molar-refractivity contribution is 0.112. The Kier molecular flexibility index (Phi) is 3.17. The third-order valence-corrected chi connectivity index (χ3v) is 2.74. The monoisotopic (exact) mass is 246 g/mol. The van der Waals surface area contributed by atoms with E-state index in [1.54, 1.807) is 12.1 Å². The van der Waals surface area contributed by atoms with E-state index in [1.807, 2.05) is 6.26 Å². The second-order valence-electron chi connectivity index (χ2n) is 2.16. The van der Waals surface area contributed by atoms with Crippen LogP contribution in [0, 0.1) is 0 Å². The maximum Gasteiger partial charge on any atom is 0.153 e. The molecule has 0 heterocycles. The van der Waals surface area contributed by atoms with Crippen molar-refractivity contribution in [3.05, 3.63) is 22.2 Å². The molecule has 64 valence electrons. The lowest BCUT2D eigenvalue weighted by Crippen LogP contribution is -1.83. The molecule has 2 nitrogen and oxygen atoms in total. The number of phenolic OH excluding ortho intramolecular Hbond substituents is 1. The van der Waals surface area contributed by atoms with Gasteiger partial charge in [-0.1, -0.05) is 0 Å². The topological polar surface area (TPSA) is 37.3 Å². The molecule has 4 heteroatoms. The summed E-state index contributed by atoms with van der Waals surface area (Å²) >= 11 is 4.68. The van der Waals surface area contributed by atoms with Gasteiger partial charge in [0.15, 0.2) is 6.29 Å². The highest BCUT2D eigenvalue weighted by molar-refractivity contribution is 9.10. The highest BCUT2D eigenvalue weighted by Crippen LogP contribution is 2.31. The molecule has 0 atom stereocenters. The number of carbonyl (C=O) groups is 1. The fourth-order valence-electron chi connectivity index (χ4n) is 0.802. The zero-order valence-electron chi connectivity index (χ0n) is 6.37. The maximum atomic E-state index is 10.5. The van der Waals surface area contributed by atoms with E-state index >= 15 is 0 Å². The van der Waals surface area contributed by atoms with Gasteiger partial charge in [-0.05, 0) is 34.3 Å². The number of thioether (sulfide) groups is 1. The Hall–Kier alpha value is -0.480. The van der Waals surface area contributed by atoms with E-state index < -0.39 is 0 Å². The number of hydrogen-bond donors (Lipinski definition) is 1. The van der Waals surface area contributed by atoms with Crippen molar-refractivity contribution in [3.63, 3.8) is 0 Å². The normalized spacial score (nSPS) is 9.83. The van der Waals surface area contributed by atoms with Crippen LogP contribution in [0.25, 0.3) is 0 Å². The summed E-state index contributed by atoms with van der Waals surface area (Å²) in [6.45, 7) is 0. The molecular weight excluding hydrogens is 240 g/mol. The molecule has 0 amide bonds. The summed E-state index contributed by atoms with van der Waals surface area (Å²) in [5, 5.41) is 9.33. The lowest BCUT2D eigenvalue weighted by atomic mass is 10.2. The largest absolute Gasteiger partial charge is 0.506 e. The Morgan fingerprint density at radius 3 is 2.75 bits per heavy atom. The molecule has 1 rings (SSSR count). The number of halogens is 1. The summed E-state index contributed by atoms with van der Waals surface area (Å²) in [7, 11) is 0. The highest BCUT2D eigenvalue weighted by Gasteiger charge is 2.06. The molecule has 0 saturated heterocycles. The summed E-state index contributed by atoms with van der Waals surface area (Å²) in [6.07, 6.45) is 2.55. The van der Waals surface area contributed by atoms with Crippen molar-refractivity contribution in [1.82, 2.24) is 0 Å². The molecule has 1 N–H and O–H groups in total. The van der Waals surface area contributed by atoms with Gasteiger partial charge in [0.25, 0.3) is 0 Å². The number of phenols is 1. The van der Waals surface area contributed by atoms with Crippen LogP contribution in [0.4, 0.5) is 0 Å². The van der Waals surface area contributed by atoms with E-state index in [9.17, 15) is 9.90 Å². The van der Waals surface area contributed by atoms with Crippen LogP contribution >= 0.6 is 27.7 Å². The molecule has 1 aromatic rings. The van der Waals surface area contributed by atoms with Gasteiger partial charge < -0.3 is 5.11 Å². The van der Waals surface area contributed by atoms with Crippen LogP contribution in [-0.4, -0.2) is 17.6 Å². The van der Waals surface area contributed by atoms with Crippen LogP contribution in [0.1, 0.15) is 10.4 Å². The number of benzene rings is 1. The van der Waals surface area contributed by atoms with Gasteiger partial charge in [-0.2, -0.15) is 0 Å². The molecule has 0 aliphatic rings. The Balaban J connectivity index is 3.28. The molecule has 0 saturated carbocycles. The molecule has 0 spiro atoms. The van der Waals surface area contributed by atoms with E-state index in [-0.39, 0.29) is 5.75 Å². The van der Waals surface area contributed by atoms with Crippen LogP contribution in [0.5, 0.6) is 5.75 Å². The summed E-state index contributed by atoms with van der Waals surface area (Å²) in [6, 6.07) is 3.42. The first-order valence-corrected chi connectivity index (χ1v) is 5.22. The quantitative estimate of drug-likeness (QED) is 0.644. The number of hydrogen-bond acceptors (Lipinski definition) is 3. The highest BCUT2D eigenvalue weighted by atomic mass is 79.9. The summed E-state index contributed by atoms with van der Waals surface area (Å²) in [5.41, 5.74) is 0.314. The zero-order chi connectivity index (χ0) is 9.14. The number of aldehydes is 1. The van der Waals surface area contributed by atoms with Gasteiger partial charge in [-0.3, -0.25) is 4.79 Å². The Morgan fingerprint density at radius 1 is 1.58 bits per heavy atom. The molecule has 12 heavy (non-hydrogen) atoms. The molecule has 0 radical (unpaired) electrons. The third-order valence-electron chi connectivity index (χ3n) is 1.43. The first-order valence-electron chi connectivity index (χ1n) is 3.20. The maximum absolute atomic E-state index is 10.5. The molecule has 0 aliphatic carbocycles. The fraction of sp³-hybridized carbons (Fsp3) is 0.125. The van der Waals surface area contributed by atoms with E-state index in [1.165, 1.54) is 11.8 Å². The third kappa shape index (κ3) is 1.81. The second-order valence-corrected chi connectivity index (χ2v) is 3.90. The van der Waals surface area contributed by atoms with Crippen molar-refractivity contribution in [2.24, 2.45) is 0 Å². The molecule has 1 aromatic carbocycles. The minimum absolute atomic E-state index is 0.00259. The van der Waals surface area contributed by atoms with Gasteiger partial charge in [0.1, 0.15) is 5.75 Å². The smallest absolute Gasteiger partial charge is 0.153 e. The van der Waals surface area contributed by atoms with E-state index in [2.05, 4.69) is 15.9 Å². The standard InChI is InChI=1S/C8H7BrO2S/c1-12-6-2-5(4-10)8(11)7(9)3-6/h2-4,11H,1H3. The van der Waals surface area contributed by atoms with Gasteiger partial charge in [-0.25, -0.2) is 0 Å². The molecule has 0 aromatic heterocycles. The fourth-order valence-corrected chi connectivity index (χ4v) is 1.91. The summed E-state index contributed by atoms with van der Waals surface area (Å²) in [4.78, 5) is 11.4. The van der Waals surface area contributed by atoms with Crippen LogP contribution in [0.15, 0.2) is 21.5 Å². The Morgan fingerprint density at radius 2 is 2.25 bits per heavy atom. The predicted molar refractivity (Wildman–Crippen MR) is 53.0 cm³/mol. The van der Waals surface area contributed by atoms with Crippen LogP contribution in [-0.2, 0) is 0 Å². The van der Waals surface area contributed by atoms with Gasteiger partial charge in [-0.15, -0.1) is 11.8 Å². The Labute approximate surface area is 83.1 Å². The average Bonchev–Trinajstić information content (AvgIpc) is 2.09. The molecule has 0 bridgehead atoms. The average molecular weight is 247 g/mol. The SMILES string of the molecule is CSc1cc(Br)c(O)c(C=O)c1.